The number of nitrogens with zero attached hydrogens (tertiary/aromatic N) is 4. The van der Waals surface area contributed by atoms with Crippen molar-refractivity contribution in [1.29, 1.82) is 0 Å². The number of aromatic nitrogens is 4. The molecule has 3 heterocycles. The third-order valence-corrected chi connectivity index (χ3v) is 12.4. The molecule has 0 amide bonds. The highest BCUT2D eigenvalue weighted by Crippen LogP contribution is 2.53. The summed E-state index contributed by atoms with van der Waals surface area (Å²) >= 11 is 1.91. The number of benzene rings is 7. The van der Waals surface area contributed by atoms with E-state index in [1.807, 2.05) is 36.0 Å². The number of fused-ring (bicyclic) bond motifs is 6. The summed E-state index contributed by atoms with van der Waals surface area (Å²) in [7, 11) is 0. The van der Waals surface area contributed by atoms with Crippen LogP contribution in [0.5, 0.6) is 0 Å². The van der Waals surface area contributed by atoms with Crippen molar-refractivity contribution in [1.82, 2.24) is 19.5 Å². The Morgan fingerprint density at radius 3 is 1.70 bits per heavy atom. The summed E-state index contributed by atoms with van der Waals surface area (Å²) in [6, 6.07) is 60.2. The van der Waals surface area contributed by atoms with Gasteiger partial charge in [0.25, 0.3) is 0 Å². The highest BCUT2D eigenvalue weighted by atomic mass is 32.2. The van der Waals surface area contributed by atoms with Crippen molar-refractivity contribution in [3.63, 3.8) is 0 Å². The van der Waals surface area contributed by atoms with Gasteiger partial charge in [-0.05, 0) is 52.1 Å². The van der Waals surface area contributed by atoms with E-state index in [2.05, 4.69) is 174 Å². The van der Waals surface area contributed by atoms with Gasteiger partial charge in [0, 0.05) is 49.2 Å². The topological polar surface area (TPSA) is 43.6 Å². The maximum absolute atomic E-state index is 5.32. The number of para-hydroxylation sites is 1. The number of hydrogen-bond acceptors (Lipinski definition) is 4. The number of thioether (sulfide) groups is 1. The fourth-order valence-corrected chi connectivity index (χ4v) is 9.70. The lowest BCUT2D eigenvalue weighted by atomic mass is 9.90. The van der Waals surface area contributed by atoms with Crippen molar-refractivity contribution < 1.29 is 0 Å². The van der Waals surface area contributed by atoms with Crippen molar-refractivity contribution in [2.24, 2.45) is 0 Å². The molecular weight excluding hydrogens is 701 g/mol. The quantitative estimate of drug-likeness (QED) is 0.171. The van der Waals surface area contributed by atoms with Gasteiger partial charge >= 0.3 is 0 Å². The van der Waals surface area contributed by atoms with Crippen molar-refractivity contribution in [2.45, 2.75) is 16.1 Å². The minimum absolute atomic E-state index is 0.243. The van der Waals surface area contributed by atoms with E-state index in [0.717, 1.165) is 27.9 Å². The van der Waals surface area contributed by atoms with Crippen molar-refractivity contribution in [3.05, 3.63) is 200 Å². The van der Waals surface area contributed by atoms with Gasteiger partial charge in [-0.2, -0.15) is 0 Å². The first-order valence-electron chi connectivity index (χ1n) is 19.0. The van der Waals surface area contributed by atoms with E-state index in [1.54, 1.807) is 0 Å². The number of rotatable bonds is 6. The van der Waals surface area contributed by atoms with Gasteiger partial charge in [-0.15, -0.1) is 11.8 Å². The van der Waals surface area contributed by atoms with Crippen LogP contribution in [0.15, 0.2) is 199 Å². The molecule has 2 aromatic heterocycles. The lowest BCUT2D eigenvalue weighted by Crippen LogP contribution is -2.07. The second kappa shape index (κ2) is 13.5. The summed E-state index contributed by atoms with van der Waals surface area (Å²) < 4.78 is 2.43. The normalized spacial score (nSPS) is 15.6. The summed E-state index contributed by atoms with van der Waals surface area (Å²) in [5, 5.41) is 2.75. The molecule has 1 aliphatic heterocycles. The van der Waals surface area contributed by atoms with E-state index in [-0.39, 0.29) is 5.92 Å². The molecule has 5 heteroatoms. The maximum Gasteiger partial charge on any atom is 0.165 e. The van der Waals surface area contributed by atoms with E-state index >= 15 is 0 Å². The van der Waals surface area contributed by atoms with Crippen LogP contribution in [0.25, 0.3) is 83.9 Å². The summed E-state index contributed by atoms with van der Waals surface area (Å²) in [4.78, 5) is 16.9. The van der Waals surface area contributed by atoms with Crippen LogP contribution in [0.4, 0.5) is 0 Å². The second-order valence-electron chi connectivity index (χ2n) is 14.4. The zero-order valence-electron chi connectivity index (χ0n) is 30.3. The Kier molecular flexibility index (Phi) is 7.85. The Bertz CT molecular complexity index is 2990. The third-order valence-electron chi connectivity index (χ3n) is 11.0. The summed E-state index contributed by atoms with van der Waals surface area (Å²) in [6.45, 7) is 0. The molecular formula is C51H34N4S. The highest BCUT2D eigenvalue weighted by molar-refractivity contribution is 8.00. The summed E-state index contributed by atoms with van der Waals surface area (Å²) in [5.41, 5.74) is 12.4. The largest absolute Gasteiger partial charge is 0.309 e. The zero-order chi connectivity index (χ0) is 37.0. The van der Waals surface area contributed by atoms with Gasteiger partial charge in [0.15, 0.2) is 17.5 Å². The fraction of sp³-hybridized carbons (Fsp3) is 0.0392. The first kappa shape index (κ1) is 32.6. The van der Waals surface area contributed by atoms with Crippen LogP contribution in [-0.4, -0.2) is 24.8 Å². The van der Waals surface area contributed by atoms with Gasteiger partial charge in [0.05, 0.1) is 11.0 Å². The molecule has 2 unspecified atom stereocenters. The lowest BCUT2D eigenvalue weighted by molar-refractivity contribution is 0.878. The third kappa shape index (κ3) is 5.59. The Labute approximate surface area is 329 Å². The molecule has 0 saturated carbocycles. The molecule has 0 spiro atoms. The van der Waals surface area contributed by atoms with Gasteiger partial charge in [-0.3, -0.25) is 0 Å². The van der Waals surface area contributed by atoms with Crippen molar-refractivity contribution in [2.75, 3.05) is 0 Å². The molecule has 0 N–H and O–H groups in total. The van der Waals surface area contributed by atoms with Crippen LogP contribution in [0, 0.1) is 0 Å². The number of allylic oxidation sites excluding steroid dienone is 3. The molecule has 0 bridgehead atoms. The van der Waals surface area contributed by atoms with E-state index in [4.69, 9.17) is 15.0 Å². The average Bonchev–Trinajstić information content (AvgIpc) is 3.82. The Balaban J connectivity index is 1.15. The molecule has 0 saturated heterocycles. The second-order valence-corrected chi connectivity index (χ2v) is 15.5. The molecule has 264 valence electrons. The van der Waals surface area contributed by atoms with Crippen molar-refractivity contribution >= 4 is 33.6 Å². The SMILES string of the molecule is C1=CC2Sc3c(-c4nc(-c5ccccc5)nc(-c5ccc(-c6ccccc6)cc5)n4)cc(-n4c5ccccc5c5ccc(-c6ccccc6)cc54)cc3C2C=C1. The van der Waals surface area contributed by atoms with E-state index < -0.39 is 0 Å². The van der Waals surface area contributed by atoms with Gasteiger partial charge in [0.2, 0.25) is 0 Å². The molecule has 4 nitrogen and oxygen atoms in total. The van der Waals surface area contributed by atoms with Crippen molar-refractivity contribution in [3.8, 4) is 62.1 Å². The van der Waals surface area contributed by atoms with E-state index in [9.17, 15) is 0 Å². The van der Waals surface area contributed by atoms with Crippen LogP contribution in [-0.2, 0) is 0 Å². The predicted molar refractivity (Wildman–Crippen MR) is 232 cm³/mol. The molecule has 7 aromatic carbocycles. The lowest BCUT2D eigenvalue weighted by Gasteiger charge is -2.17. The van der Waals surface area contributed by atoms with Crippen LogP contribution in [0.1, 0.15) is 11.5 Å². The zero-order valence-corrected chi connectivity index (χ0v) is 31.1. The van der Waals surface area contributed by atoms with E-state index in [1.165, 1.54) is 49.0 Å². The van der Waals surface area contributed by atoms with Gasteiger partial charge in [-0.1, -0.05) is 170 Å². The molecule has 9 aromatic rings. The first-order chi connectivity index (χ1) is 27.7. The molecule has 2 aliphatic rings. The standard InChI is InChI=1S/C51H34N4S/c1-4-14-33(15-5-1)35-24-26-37(27-25-35)50-52-49(36-18-8-3-9-19-36)53-51(54-50)44-32-39(31-43-42-21-11-13-23-47(42)56-48(43)44)55-45-22-12-10-20-40(45)41-29-28-38(30-46(41)55)34-16-6-2-7-17-34/h1-32,42,47H. The van der Waals surface area contributed by atoms with Gasteiger partial charge in [0.1, 0.15) is 0 Å². The fourth-order valence-electron chi connectivity index (χ4n) is 8.27. The summed E-state index contributed by atoms with van der Waals surface area (Å²) in [5.74, 6) is 2.22. The molecule has 0 fully saturated rings. The Hall–Kier alpha value is -6.82. The highest BCUT2D eigenvalue weighted by Gasteiger charge is 2.35. The minimum atomic E-state index is 0.243. The molecule has 56 heavy (non-hydrogen) atoms. The smallest absolute Gasteiger partial charge is 0.165 e. The van der Waals surface area contributed by atoms with Crippen LogP contribution in [0.3, 0.4) is 0 Å². The Morgan fingerprint density at radius 1 is 0.429 bits per heavy atom. The molecule has 11 rings (SSSR count). The van der Waals surface area contributed by atoms with Crippen LogP contribution < -0.4 is 0 Å². The van der Waals surface area contributed by atoms with Crippen LogP contribution in [0.2, 0.25) is 0 Å². The van der Waals surface area contributed by atoms with E-state index in [0.29, 0.717) is 22.7 Å². The molecule has 0 radical (unpaired) electrons. The minimum Gasteiger partial charge on any atom is -0.309 e. The maximum atomic E-state index is 5.32. The Morgan fingerprint density at radius 2 is 0.964 bits per heavy atom. The number of hydrogen-bond donors (Lipinski definition) is 0. The molecule has 2 atom stereocenters. The van der Waals surface area contributed by atoms with Crippen LogP contribution >= 0.6 is 11.8 Å². The summed E-state index contributed by atoms with van der Waals surface area (Å²) in [6.07, 6.45) is 9.03. The van der Waals surface area contributed by atoms with Gasteiger partial charge in [-0.25, -0.2) is 15.0 Å². The monoisotopic (exact) mass is 734 g/mol. The van der Waals surface area contributed by atoms with Gasteiger partial charge < -0.3 is 4.57 Å². The predicted octanol–water partition coefficient (Wildman–Crippen LogP) is 13.0. The average molecular weight is 735 g/mol. The molecule has 1 aliphatic carbocycles. The first-order valence-corrected chi connectivity index (χ1v) is 19.9.